The van der Waals surface area contributed by atoms with E-state index in [1.54, 1.807) is 10.9 Å². The van der Waals surface area contributed by atoms with Crippen molar-refractivity contribution in [3.05, 3.63) is 88.3 Å². The lowest BCUT2D eigenvalue weighted by molar-refractivity contribution is -0.130. The fourth-order valence-electron chi connectivity index (χ4n) is 3.92. The fourth-order valence-corrected chi connectivity index (χ4v) is 4.78. The highest BCUT2D eigenvalue weighted by Gasteiger charge is 2.35. The summed E-state index contributed by atoms with van der Waals surface area (Å²) < 4.78 is 7.28. The van der Waals surface area contributed by atoms with E-state index in [4.69, 9.17) is 16.0 Å². The van der Waals surface area contributed by atoms with Crippen LogP contribution in [0.3, 0.4) is 0 Å². The monoisotopic (exact) mass is 492 g/mol. The smallest absolute Gasteiger partial charge is 0.253 e. The number of halogens is 1. The number of tetrazole rings is 1. The Morgan fingerprint density at radius 1 is 1.18 bits per heavy atom. The van der Waals surface area contributed by atoms with Crippen molar-refractivity contribution in [2.75, 3.05) is 5.75 Å². The number of hydrazone groups is 1. The Morgan fingerprint density at radius 2 is 2.00 bits per heavy atom. The average molecular weight is 493 g/mol. The predicted molar refractivity (Wildman–Crippen MR) is 130 cm³/mol. The van der Waals surface area contributed by atoms with E-state index in [0.717, 1.165) is 28.1 Å². The molecule has 2 aromatic heterocycles. The molecular formula is C24H21ClN6O2S. The van der Waals surface area contributed by atoms with Gasteiger partial charge in [0.1, 0.15) is 11.8 Å². The first-order valence-electron chi connectivity index (χ1n) is 10.7. The van der Waals surface area contributed by atoms with Crippen molar-refractivity contribution in [2.45, 2.75) is 31.5 Å². The van der Waals surface area contributed by atoms with Gasteiger partial charge in [-0.2, -0.15) is 9.78 Å². The zero-order chi connectivity index (χ0) is 23.7. The van der Waals surface area contributed by atoms with E-state index in [1.807, 2.05) is 62.4 Å². The Hall–Kier alpha value is -3.43. The first-order chi connectivity index (χ1) is 16.5. The van der Waals surface area contributed by atoms with Crippen LogP contribution in [0.2, 0.25) is 5.02 Å². The molecule has 8 nitrogen and oxygen atoms in total. The first kappa shape index (κ1) is 22.4. The molecule has 3 heterocycles. The maximum absolute atomic E-state index is 13.3. The lowest BCUT2D eigenvalue weighted by Gasteiger charge is -2.19. The summed E-state index contributed by atoms with van der Waals surface area (Å²) in [5.41, 5.74) is 4.81. The second kappa shape index (κ2) is 9.44. The first-order valence-corrected chi connectivity index (χ1v) is 12.0. The number of amides is 1. The average Bonchev–Trinajstić information content (AvgIpc) is 3.58. The summed E-state index contributed by atoms with van der Waals surface area (Å²) in [5.74, 6) is 0.650. The number of carbonyl (C=O) groups is 1. The summed E-state index contributed by atoms with van der Waals surface area (Å²) in [6.45, 7) is 4.05. The minimum atomic E-state index is -0.316. The predicted octanol–water partition coefficient (Wildman–Crippen LogP) is 5.00. The fraction of sp³-hybridized carbons (Fsp3) is 0.208. The van der Waals surface area contributed by atoms with Gasteiger partial charge in [-0.15, -0.1) is 5.10 Å². The number of rotatable bonds is 6. The second-order valence-corrected chi connectivity index (χ2v) is 9.36. The third-order valence-corrected chi connectivity index (χ3v) is 6.72. The standard InChI is InChI=1S/C24H21ClN6O2S/c1-15-5-10-20(16(2)12-15)31-24(26-28-29-31)34-14-23(32)30-21(22-4-3-11-33-22)13-19(27-30)17-6-8-18(25)9-7-17/h3-12,21H,13-14H2,1-2H3/t21-/m0/s1. The summed E-state index contributed by atoms with van der Waals surface area (Å²) in [6, 6.07) is 16.8. The third kappa shape index (κ3) is 4.49. The molecule has 1 atom stereocenters. The summed E-state index contributed by atoms with van der Waals surface area (Å²) in [6.07, 6.45) is 2.15. The molecule has 1 aliphatic heterocycles. The van der Waals surface area contributed by atoms with E-state index < -0.39 is 0 Å². The molecule has 4 aromatic rings. The maximum Gasteiger partial charge on any atom is 0.253 e. The van der Waals surface area contributed by atoms with Crippen molar-refractivity contribution >= 4 is 35.0 Å². The molecule has 0 fully saturated rings. The Labute approximate surface area is 205 Å². The van der Waals surface area contributed by atoms with Crippen LogP contribution in [0.25, 0.3) is 5.69 Å². The van der Waals surface area contributed by atoms with Gasteiger partial charge in [0.05, 0.1) is 23.4 Å². The van der Waals surface area contributed by atoms with Gasteiger partial charge in [0.2, 0.25) is 5.16 Å². The van der Waals surface area contributed by atoms with Crippen LogP contribution in [0.5, 0.6) is 0 Å². The normalized spacial score (nSPS) is 15.6. The number of thioether (sulfide) groups is 1. The van der Waals surface area contributed by atoms with Crippen LogP contribution < -0.4 is 0 Å². The van der Waals surface area contributed by atoms with E-state index in [1.165, 1.54) is 16.8 Å². The van der Waals surface area contributed by atoms with Crippen LogP contribution in [0.1, 0.15) is 34.9 Å². The van der Waals surface area contributed by atoms with Gasteiger partial charge in [-0.25, -0.2) is 5.01 Å². The molecule has 0 N–H and O–H groups in total. The van der Waals surface area contributed by atoms with Crippen LogP contribution in [0, 0.1) is 13.8 Å². The minimum Gasteiger partial charge on any atom is -0.467 e. The number of furan rings is 1. The maximum atomic E-state index is 13.3. The molecule has 2 aromatic carbocycles. The Bertz CT molecular complexity index is 1350. The molecule has 0 unspecified atom stereocenters. The summed E-state index contributed by atoms with van der Waals surface area (Å²) >= 11 is 7.30. The largest absolute Gasteiger partial charge is 0.467 e. The number of aromatic nitrogens is 4. The summed E-state index contributed by atoms with van der Waals surface area (Å²) in [7, 11) is 0. The zero-order valence-corrected chi connectivity index (χ0v) is 20.1. The Balaban J connectivity index is 1.37. The zero-order valence-electron chi connectivity index (χ0n) is 18.6. The van der Waals surface area contributed by atoms with Crippen LogP contribution in [-0.4, -0.2) is 42.6 Å². The quantitative estimate of drug-likeness (QED) is 0.352. The summed E-state index contributed by atoms with van der Waals surface area (Å²) in [4.78, 5) is 13.3. The Morgan fingerprint density at radius 3 is 2.74 bits per heavy atom. The van der Waals surface area contributed by atoms with E-state index in [0.29, 0.717) is 22.4 Å². The van der Waals surface area contributed by atoms with Crippen molar-refractivity contribution in [1.29, 1.82) is 0 Å². The summed E-state index contributed by atoms with van der Waals surface area (Å²) in [5, 5.41) is 19.4. The molecule has 0 radical (unpaired) electrons. The molecule has 1 aliphatic rings. The van der Waals surface area contributed by atoms with Crippen LogP contribution in [0.4, 0.5) is 0 Å². The second-order valence-electron chi connectivity index (χ2n) is 7.98. The number of aryl methyl sites for hydroxylation is 2. The molecule has 172 valence electrons. The SMILES string of the molecule is Cc1ccc(-n2nnnc2SCC(=O)N2N=C(c3ccc(Cl)cc3)C[C@H]2c2ccco2)c(C)c1. The molecule has 0 bridgehead atoms. The van der Waals surface area contributed by atoms with Gasteiger partial charge in [-0.1, -0.05) is 53.2 Å². The van der Waals surface area contributed by atoms with Gasteiger partial charge in [-0.3, -0.25) is 4.79 Å². The molecule has 0 saturated heterocycles. The van der Waals surface area contributed by atoms with Crippen molar-refractivity contribution < 1.29 is 9.21 Å². The van der Waals surface area contributed by atoms with Crippen molar-refractivity contribution in [3.63, 3.8) is 0 Å². The lowest BCUT2D eigenvalue weighted by Crippen LogP contribution is -2.28. The highest BCUT2D eigenvalue weighted by atomic mass is 35.5. The van der Waals surface area contributed by atoms with Gasteiger partial charge in [0, 0.05) is 11.4 Å². The van der Waals surface area contributed by atoms with Gasteiger partial charge >= 0.3 is 0 Å². The van der Waals surface area contributed by atoms with Gasteiger partial charge < -0.3 is 4.42 Å². The lowest BCUT2D eigenvalue weighted by atomic mass is 10.0. The van der Waals surface area contributed by atoms with E-state index in [2.05, 4.69) is 26.7 Å². The molecule has 34 heavy (non-hydrogen) atoms. The highest BCUT2D eigenvalue weighted by molar-refractivity contribution is 7.99. The molecule has 0 saturated carbocycles. The third-order valence-electron chi connectivity index (χ3n) is 5.56. The number of benzene rings is 2. The molecule has 1 amide bonds. The van der Waals surface area contributed by atoms with E-state index in [-0.39, 0.29) is 17.7 Å². The van der Waals surface area contributed by atoms with Crippen molar-refractivity contribution in [3.8, 4) is 5.69 Å². The number of carbonyl (C=O) groups excluding carboxylic acids is 1. The molecule has 5 rings (SSSR count). The van der Waals surface area contributed by atoms with Crippen LogP contribution in [-0.2, 0) is 4.79 Å². The molecule has 0 aliphatic carbocycles. The van der Waals surface area contributed by atoms with Gasteiger partial charge in [0.15, 0.2) is 0 Å². The topological polar surface area (TPSA) is 89.4 Å². The highest BCUT2D eigenvalue weighted by Crippen LogP contribution is 2.34. The molecule has 10 heteroatoms. The molecule has 0 spiro atoms. The van der Waals surface area contributed by atoms with E-state index in [9.17, 15) is 4.79 Å². The van der Waals surface area contributed by atoms with Gasteiger partial charge in [0.25, 0.3) is 5.91 Å². The molecular weight excluding hydrogens is 472 g/mol. The van der Waals surface area contributed by atoms with Crippen LogP contribution >= 0.6 is 23.4 Å². The van der Waals surface area contributed by atoms with Crippen molar-refractivity contribution in [1.82, 2.24) is 25.2 Å². The van der Waals surface area contributed by atoms with Crippen molar-refractivity contribution in [2.24, 2.45) is 5.10 Å². The minimum absolute atomic E-state index is 0.125. The van der Waals surface area contributed by atoms with E-state index >= 15 is 0 Å². The number of hydrogen-bond donors (Lipinski definition) is 0. The van der Waals surface area contributed by atoms with Gasteiger partial charge in [-0.05, 0) is 65.7 Å². The number of hydrogen-bond acceptors (Lipinski definition) is 7. The van der Waals surface area contributed by atoms with Crippen LogP contribution in [0.15, 0.2) is 75.5 Å². The Kier molecular flexibility index (Phi) is 6.21. The number of nitrogens with zero attached hydrogens (tertiary/aromatic N) is 6.